The molecule has 29 heavy (non-hydrogen) atoms. The molecule has 5 rings (SSSR count). The summed E-state index contributed by atoms with van der Waals surface area (Å²) in [6, 6.07) is 19.7. The van der Waals surface area contributed by atoms with Gasteiger partial charge in [-0.2, -0.15) is 4.98 Å². The second-order valence-electron chi connectivity index (χ2n) is 6.67. The molecule has 5 aromatic rings. The maximum atomic E-state index is 5.94. The number of benzene rings is 2. The van der Waals surface area contributed by atoms with Crippen molar-refractivity contribution in [3.63, 3.8) is 0 Å². The van der Waals surface area contributed by atoms with Crippen LogP contribution in [-0.4, -0.2) is 21.7 Å². The third-order valence-corrected chi connectivity index (χ3v) is 4.76. The lowest BCUT2D eigenvalue weighted by molar-refractivity contribution is 0.340. The van der Waals surface area contributed by atoms with Gasteiger partial charge in [0.05, 0.1) is 13.0 Å². The van der Waals surface area contributed by atoms with Crippen molar-refractivity contribution < 1.29 is 13.7 Å². The zero-order valence-electron chi connectivity index (χ0n) is 15.9. The van der Waals surface area contributed by atoms with E-state index in [0.717, 1.165) is 33.5 Å². The van der Waals surface area contributed by atoms with E-state index in [9.17, 15) is 0 Å². The number of furan rings is 1. The number of nitrogens with one attached hydrogen (secondary N) is 1. The Morgan fingerprint density at radius 3 is 2.66 bits per heavy atom. The van der Waals surface area contributed by atoms with Crippen LogP contribution in [0.25, 0.3) is 33.8 Å². The van der Waals surface area contributed by atoms with E-state index in [0.29, 0.717) is 30.5 Å². The molecular weight excluding hydrogens is 366 g/mol. The van der Waals surface area contributed by atoms with Gasteiger partial charge in [0.2, 0.25) is 11.7 Å². The first-order valence-corrected chi connectivity index (χ1v) is 9.51. The third kappa shape index (κ3) is 3.40. The standard InChI is InChI=1S/C23H19N3O3/c1-2-27-17-9-7-15(8-10-17)20-11-12-21(28-20)23-25-22(29-26-23)13-16-14-24-19-6-4-3-5-18(16)19/h3-12,14,24H,2,13H2,1H3. The van der Waals surface area contributed by atoms with Crippen molar-refractivity contribution in [1.29, 1.82) is 0 Å². The van der Waals surface area contributed by atoms with Gasteiger partial charge >= 0.3 is 0 Å². The second-order valence-corrected chi connectivity index (χ2v) is 6.67. The molecule has 0 fully saturated rings. The van der Waals surface area contributed by atoms with Crippen LogP contribution < -0.4 is 4.74 Å². The molecule has 144 valence electrons. The highest BCUT2D eigenvalue weighted by molar-refractivity contribution is 5.83. The number of hydrogen-bond donors (Lipinski definition) is 1. The normalized spacial score (nSPS) is 11.2. The first-order chi connectivity index (χ1) is 14.3. The van der Waals surface area contributed by atoms with Crippen LogP contribution in [0.4, 0.5) is 0 Å². The van der Waals surface area contributed by atoms with Crippen molar-refractivity contribution in [2.75, 3.05) is 6.61 Å². The van der Waals surface area contributed by atoms with E-state index in [4.69, 9.17) is 13.7 Å². The Balaban J connectivity index is 1.35. The lowest BCUT2D eigenvalue weighted by Gasteiger charge is -2.03. The number of nitrogens with zero attached hydrogens (tertiary/aromatic N) is 2. The van der Waals surface area contributed by atoms with Gasteiger partial charge in [-0.15, -0.1) is 0 Å². The van der Waals surface area contributed by atoms with E-state index in [1.54, 1.807) is 0 Å². The summed E-state index contributed by atoms with van der Waals surface area (Å²) in [5, 5.41) is 5.24. The van der Waals surface area contributed by atoms with Gasteiger partial charge in [-0.1, -0.05) is 23.4 Å². The average Bonchev–Trinajstić information content (AvgIpc) is 3.49. The summed E-state index contributed by atoms with van der Waals surface area (Å²) in [5.74, 6) is 3.14. The van der Waals surface area contributed by atoms with Crippen molar-refractivity contribution in [2.45, 2.75) is 13.3 Å². The smallest absolute Gasteiger partial charge is 0.238 e. The van der Waals surface area contributed by atoms with Gasteiger partial charge in [0.25, 0.3) is 0 Å². The molecule has 3 aromatic heterocycles. The van der Waals surface area contributed by atoms with Crippen molar-refractivity contribution in [3.8, 4) is 28.7 Å². The zero-order chi connectivity index (χ0) is 19.6. The highest BCUT2D eigenvalue weighted by Gasteiger charge is 2.15. The molecule has 0 aliphatic rings. The summed E-state index contributed by atoms with van der Waals surface area (Å²) < 4.78 is 16.9. The maximum Gasteiger partial charge on any atom is 0.238 e. The Kier molecular flexibility index (Phi) is 4.37. The van der Waals surface area contributed by atoms with E-state index >= 15 is 0 Å². The molecule has 2 aromatic carbocycles. The molecule has 0 saturated heterocycles. The summed E-state index contributed by atoms with van der Waals surface area (Å²) in [5.41, 5.74) is 3.17. The molecule has 0 unspecified atom stereocenters. The minimum Gasteiger partial charge on any atom is -0.494 e. The Morgan fingerprint density at radius 1 is 0.966 bits per heavy atom. The van der Waals surface area contributed by atoms with Crippen LogP contribution in [0, 0.1) is 0 Å². The second kappa shape index (κ2) is 7.31. The van der Waals surface area contributed by atoms with Gasteiger partial charge < -0.3 is 18.7 Å². The summed E-state index contributed by atoms with van der Waals surface area (Å²) >= 11 is 0. The first kappa shape index (κ1) is 17.3. The summed E-state index contributed by atoms with van der Waals surface area (Å²) in [7, 11) is 0. The van der Waals surface area contributed by atoms with Gasteiger partial charge in [-0.05, 0) is 55.0 Å². The third-order valence-electron chi connectivity index (χ3n) is 4.76. The molecule has 0 aliphatic heterocycles. The van der Waals surface area contributed by atoms with Crippen LogP contribution in [0.1, 0.15) is 18.4 Å². The quantitative estimate of drug-likeness (QED) is 0.419. The van der Waals surface area contributed by atoms with Crippen LogP contribution in [0.2, 0.25) is 0 Å². The van der Waals surface area contributed by atoms with E-state index < -0.39 is 0 Å². The number of ether oxygens (including phenoxy) is 1. The van der Waals surface area contributed by atoms with Gasteiger partial charge in [0, 0.05) is 22.7 Å². The van der Waals surface area contributed by atoms with Crippen LogP contribution in [0.5, 0.6) is 5.75 Å². The minimum atomic E-state index is 0.442. The molecule has 3 heterocycles. The van der Waals surface area contributed by atoms with Crippen LogP contribution >= 0.6 is 0 Å². The Morgan fingerprint density at radius 2 is 1.79 bits per heavy atom. The summed E-state index contributed by atoms with van der Waals surface area (Å²) in [4.78, 5) is 7.77. The van der Waals surface area contributed by atoms with Crippen LogP contribution in [0.3, 0.4) is 0 Å². The van der Waals surface area contributed by atoms with E-state index in [1.165, 1.54) is 0 Å². The Bertz CT molecular complexity index is 1250. The van der Waals surface area contributed by atoms with Gasteiger partial charge in [-0.3, -0.25) is 0 Å². The fourth-order valence-electron chi connectivity index (χ4n) is 3.36. The Labute approximate surface area is 167 Å². The lowest BCUT2D eigenvalue weighted by atomic mass is 10.1. The summed E-state index contributed by atoms with van der Waals surface area (Å²) in [6.45, 7) is 2.60. The number of hydrogen-bond acceptors (Lipinski definition) is 5. The molecule has 0 amide bonds. The molecule has 6 nitrogen and oxygen atoms in total. The molecule has 0 radical (unpaired) electrons. The zero-order valence-corrected chi connectivity index (χ0v) is 15.9. The largest absolute Gasteiger partial charge is 0.494 e. The number of rotatable bonds is 6. The number of fused-ring (bicyclic) bond motifs is 1. The topological polar surface area (TPSA) is 77.1 Å². The SMILES string of the molecule is CCOc1ccc(-c2ccc(-c3noc(Cc4c[nH]c5ccccc45)n3)o2)cc1. The van der Waals surface area contributed by atoms with Crippen LogP contribution in [0.15, 0.2) is 75.8 Å². The van der Waals surface area contributed by atoms with E-state index in [-0.39, 0.29) is 0 Å². The molecule has 6 heteroatoms. The van der Waals surface area contributed by atoms with Crippen molar-refractivity contribution in [1.82, 2.24) is 15.1 Å². The molecule has 0 spiro atoms. The van der Waals surface area contributed by atoms with Crippen molar-refractivity contribution in [2.24, 2.45) is 0 Å². The molecular formula is C23H19N3O3. The van der Waals surface area contributed by atoms with Gasteiger partial charge in [0.1, 0.15) is 11.5 Å². The van der Waals surface area contributed by atoms with Crippen molar-refractivity contribution >= 4 is 10.9 Å². The maximum absolute atomic E-state index is 5.94. The predicted molar refractivity (Wildman–Crippen MR) is 110 cm³/mol. The fourth-order valence-corrected chi connectivity index (χ4v) is 3.36. The highest BCUT2D eigenvalue weighted by atomic mass is 16.5. The molecule has 0 aliphatic carbocycles. The number of H-pyrrole nitrogens is 1. The van der Waals surface area contributed by atoms with Crippen LogP contribution in [-0.2, 0) is 6.42 Å². The average molecular weight is 385 g/mol. The summed E-state index contributed by atoms with van der Waals surface area (Å²) in [6.07, 6.45) is 2.54. The number of aromatic amines is 1. The van der Waals surface area contributed by atoms with E-state index in [1.807, 2.05) is 67.7 Å². The number of para-hydroxylation sites is 1. The monoisotopic (exact) mass is 385 g/mol. The predicted octanol–water partition coefficient (Wildman–Crippen LogP) is 5.47. The van der Waals surface area contributed by atoms with Crippen molar-refractivity contribution in [3.05, 3.63) is 78.3 Å². The fraction of sp³-hybridized carbons (Fsp3) is 0.130. The molecule has 0 saturated carbocycles. The van der Waals surface area contributed by atoms with Gasteiger partial charge in [-0.25, -0.2) is 0 Å². The minimum absolute atomic E-state index is 0.442. The van der Waals surface area contributed by atoms with E-state index in [2.05, 4.69) is 21.2 Å². The molecule has 0 atom stereocenters. The lowest BCUT2D eigenvalue weighted by Crippen LogP contribution is -1.90. The molecule has 0 bridgehead atoms. The first-order valence-electron chi connectivity index (χ1n) is 9.51. The molecule has 1 N–H and O–H groups in total. The highest BCUT2D eigenvalue weighted by Crippen LogP contribution is 2.29. The van der Waals surface area contributed by atoms with Gasteiger partial charge in [0.15, 0.2) is 5.76 Å². The Hall–Kier alpha value is -3.80. The number of aromatic nitrogens is 3.